The molecule has 0 bridgehead atoms. The van der Waals surface area contributed by atoms with E-state index >= 15 is 0 Å². The van der Waals surface area contributed by atoms with Crippen molar-refractivity contribution >= 4 is 11.9 Å². The van der Waals surface area contributed by atoms with Crippen LogP contribution in [0.5, 0.6) is 11.5 Å². The van der Waals surface area contributed by atoms with Crippen LogP contribution in [-0.4, -0.2) is 18.0 Å². The molecule has 2 aromatic rings. The molecule has 0 unspecified atom stereocenters. The molecule has 0 fully saturated rings. The predicted octanol–water partition coefficient (Wildman–Crippen LogP) is 4.56. The van der Waals surface area contributed by atoms with E-state index in [1.165, 1.54) is 13.2 Å². The van der Waals surface area contributed by atoms with Crippen LogP contribution < -0.4 is 4.74 Å². The number of benzene rings is 2. The summed E-state index contributed by atoms with van der Waals surface area (Å²) in [7, 11) is 1.52. The Balaban J connectivity index is 2.28. The van der Waals surface area contributed by atoms with Gasteiger partial charge < -0.3 is 9.84 Å². The fraction of sp³-hybridized carbons (Fsp3) is 0.250. The minimum atomic E-state index is -0.0933. The third-order valence-corrected chi connectivity index (χ3v) is 3.67. The second-order valence-corrected chi connectivity index (χ2v) is 5.55. The van der Waals surface area contributed by atoms with Crippen LogP contribution in [-0.2, 0) is 6.42 Å². The van der Waals surface area contributed by atoms with E-state index in [1.54, 1.807) is 18.2 Å². The van der Waals surface area contributed by atoms with E-state index in [2.05, 4.69) is 6.92 Å². The largest absolute Gasteiger partial charge is 0.504 e. The number of phenols is 1. The number of aryl methyl sites for hydroxylation is 2. The van der Waals surface area contributed by atoms with Crippen molar-refractivity contribution in [3.05, 3.63) is 64.7 Å². The van der Waals surface area contributed by atoms with E-state index in [0.717, 1.165) is 24.0 Å². The van der Waals surface area contributed by atoms with Crippen molar-refractivity contribution in [2.75, 3.05) is 7.11 Å². The van der Waals surface area contributed by atoms with Crippen molar-refractivity contribution in [3.63, 3.8) is 0 Å². The smallest absolute Gasteiger partial charge is 0.185 e. The molecule has 3 nitrogen and oxygen atoms in total. The summed E-state index contributed by atoms with van der Waals surface area (Å²) in [5.41, 5.74) is 3.40. The summed E-state index contributed by atoms with van der Waals surface area (Å²) in [6.07, 6.45) is 5.01. The fourth-order valence-electron chi connectivity index (χ4n) is 2.38. The molecule has 23 heavy (non-hydrogen) atoms. The van der Waals surface area contributed by atoms with E-state index in [9.17, 15) is 9.90 Å². The van der Waals surface area contributed by atoms with Gasteiger partial charge in [-0.3, -0.25) is 4.79 Å². The number of hydrogen-bond donors (Lipinski definition) is 1. The quantitative estimate of drug-likeness (QED) is 0.628. The predicted molar refractivity (Wildman–Crippen MR) is 93.2 cm³/mol. The molecule has 2 rings (SSSR count). The molecule has 0 saturated carbocycles. The molecule has 0 spiro atoms. The topological polar surface area (TPSA) is 46.5 Å². The maximum Gasteiger partial charge on any atom is 0.185 e. The van der Waals surface area contributed by atoms with Gasteiger partial charge in [0.1, 0.15) is 0 Å². The van der Waals surface area contributed by atoms with E-state index in [4.69, 9.17) is 4.74 Å². The Kier molecular flexibility index (Phi) is 5.58. The van der Waals surface area contributed by atoms with Crippen LogP contribution in [0.1, 0.15) is 40.4 Å². The maximum absolute atomic E-state index is 12.2. The molecule has 120 valence electrons. The molecule has 2 aromatic carbocycles. The van der Waals surface area contributed by atoms with E-state index in [-0.39, 0.29) is 11.5 Å². The molecular formula is C20H22O3. The number of allylic oxidation sites excluding steroid dienone is 1. The van der Waals surface area contributed by atoms with Crippen LogP contribution in [0.15, 0.2) is 42.5 Å². The maximum atomic E-state index is 12.2. The molecule has 0 aliphatic carbocycles. The highest BCUT2D eigenvalue weighted by Crippen LogP contribution is 2.32. The minimum Gasteiger partial charge on any atom is -0.504 e. The monoisotopic (exact) mass is 310 g/mol. The zero-order valence-electron chi connectivity index (χ0n) is 13.8. The minimum absolute atomic E-state index is 0.0558. The van der Waals surface area contributed by atoms with Gasteiger partial charge in [0.2, 0.25) is 0 Å². The molecule has 0 saturated heterocycles. The van der Waals surface area contributed by atoms with Crippen molar-refractivity contribution in [2.24, 2.45) is 0 Å². The SMILES string of the molecule is CCCc1cc(/C=C/C(=O)c2ccc(C)cc2)c(O)c(OC)c1. The van der Waals surface area contributed by atoms with Crippen LogP contribution in [0.4, 0.5) is 0 Å². The lowest BCUT2D eigenvalue weighted by molar-refractivity contribution is 0.104. The number of rotatable bonds is 6. The molecule has 3 heteroatoms. The number of carbonyl (C=O) groups is 1. The first-order chi connectivity index (χ1) is 11.0. The first-order valence-corrected chi connectivity index (χ1v) is 7.74. The highest BCUT2D eigenvalue weighted by molar-refractivity contribution is 6.07. The summed E-state index contributed by atoms with van der Waals surface area (Å²) in [5.74, 6) is 0.392. The summed E-state index contributed by atoms with van der Waals surface area (Å²) < 4.78 is 5.21. The van der Waals surface area contributed by atoms with Crippen molar-refractivity contribution in [2.45, 2.75) is 26.7 Å². The second kappa shape index (κ2) is 7.63. The number of carbonyl (C=O) groups excluding carboxylic acids is 1. The Morgan fingerprint density at radius 3 is 2.52 bits per heavy atom. The number of ketones is 1. The highest BCUT2D eigenvalue weighted by Gasteiger charge is 2.09. The van der Waals surface area contributed by atoms with Gasteiger partial charge in [0.15, 0.2) is 17.3 Å². The molecule has 0 radical (unpaired) electrons. The summed E-state index contributed by atoms with van der Waals surface area (Å²) >= 11 is 0. The lowest BCUT2D eigenvalue weighted by atomic mass is 10.0. The molecular weight excluding hydrogens is 288 g/mol. The molecule has 0 heterocycles. The fourth-order valence-corrected chi connectivity index (χ4v) is 2.38. The second-order valence-electron chi connectivity index (χ2n) is 5.55. The molecule has 0 aliphatic rings. The van der Waals surface area contributed by atoms with Gasteiger partial charge >= 0.3 is 0 Å². The molecule has 0 aliphatic heterocycles. The van der Waals surface area contributed by atoms with Gasteiger partial charge in [-0.1, -0.05) is 43.2 Å². The van der Waals surface area contributed by atoms with Gasteiger partial charge in [0, 0.05) is 11.1 Å². The molecule has 1 N–H and O–H groups in total. The zero-order chi connectivity index (χ0) is 16.8. The molecule has 0 atom stereocenters. The Morgan fingerprint density at radius 1 is 1.22 bits per heavy atom. The van der Waals surface area contributed by atoms with Crippen LogP contribution >= 0.6 is 0 Å². The van der Waals surface area contributed by atoms with Crippen LogP contribution in [0.3, 0.4) is 0 Å². The molecule has 0 amide bonds. The van der Waals surface area contributed by atoms with Gasteiger partial charge in [-0.2, -0.15) is 0 Å². The summed E-state index contributed by atoms with van der Waals surface area (Å²) in [5, 5.41) is 10.2. The lowest BCUT2D eigenvalue weighted by Gasteiger charge is -2.09. The number of phenolic OH excluding ortho intramolecular Hbond substituents is 1. The van der Waals surface area contributed by atoms with Crippen LogP contribution in [0, 0.1) is 6.92 Å². The van der Waals surface area contributed by atoms with Gasteiger partial charge in [-0.05, 0) is 43.2 Å². The van der Waals surface area contributed by atoms with Crippen LogP contribution in [0.25, 0.3) is 6.08 Å². The summed E-state index contributed by atoms with van der Waals surface area (Å²) in [6.45, 7) is 4.07. The Morgan fingerprint density at radius 2 is 1.91 bits per heavy atom. The highest BCUT2D eigenvalue weighted by atomic mass is 16.5. The Bertz CT molecular complexity index is 712. The lowest BCUT2D eigenvalue weighted by Crippen LogP contribution is -1.95. The number of hydrogen-bond acceptors (Lipinski definition) is 3. The summed E-state index contributed by atoms with van der Waals surface area (Å²) in [4.78, 5) is 12.2. The third-order valence-electron chi connectivity index (χ3n) is 3.67. The van der Waals surface area contributed by atoms with E-state index < -0.39 is 0 Å². The normalized spacial score (nSPS) is 10.9. The number of methoxy groups -OCH3 is 1. The van der Waals surface area contributed by atoms with Gasteiger partial charge in [0.05, 0.1) is 7.11 Å². The average Bonchev–Trinajstić information content (AvgIpc) is 2.55. The standard InChI is InChI=1S/C20H22O3/c1-4-5-15-12-17(20(22)19(13-15)23-3)10-11-18(21)16-8-6-14(2)7-9-16/h6-13,22H,4-5H2,1-3H3/b11-10+. The van der Waals surface area contributed by atoms with Gasteiger partial charge in [-0.15, -0.1) is 0 Å². The van der Waals surface area contributed by atoms with Crippen molar-refractivity contribution in [3.8, 4) is 11.5 Å². The van der Waals surface area contributed by atoms with Crippen molar-refractivity contribution in [1.29, 1.82) is 0 Å². The van der Waals surface area contributed by atoms with Gasteiger partial charge in [0.25, 0.3) is 0 Å². The first-order valence-electron chi connectivity index (χ1n) is 7.74. The van der Waals surface area contributed by atoms with Crippen molar-refractivity contribution in [1.82, 2.24) is 0 Å². The zero-order valence-corrected chi connectivity index (χ0v) is 13.8. The first kappa shape index (κ1) is 16.8. The Hall–Kier alpha value is -2.55. The summed E-state index contributed by atoms with van der Waals surface area (Å²) in [6, 6.07) is 11.1. The van der Waals surface area contributed by atoms with E-state index in [1.807, 2.05) is 31.2 Å². The number of ether oxygens (including phenoxy) is 1. The van der Waals surface area contributed by atoms with Crippen LogP contribution in [0.2, 0.25) is 0 Å². The number of aromatic hydroxyl groups is 1. The van der Waals surface area contributed by atoms with Crippen molar-refractivity contribution < 1.29 is 14.6 Å². The third kappa shape index (κ3) is 4.22. The molecule has 0 aromatic heterocycles. The Labute approximate surface area is 137 Å². The average molecular weight is 310 g/mol. The van der Waals surface area contributed by atoms with E-state index in [0.29, 0.717) is 16.9 Å². The van der Waals surface area contributed by atoms with Gasteiger partial charge in [-0.25, -0.2) is 0 Å².